The number of Topliss-reactive ketones (excluding diaryl/α,β-unsaturated/α-hetero) is 2. The van der Waals surface area contributed by atoms with Crippen molar-refractivity contribution in [2.24, 2.45) is 14.1 Å². The molecule has 0 aliphatic carbocycles. The van der Waals surface area contributed by atoms with E-state index in [0.717, 1.165) is 0 Å². The van der Waals surface area contributed by atoms with Crippen LogP contribution in [0.25, 0.3) is 0 Å². The van der Waals surface area contributed by atoms with E-state index in [1.165, 1.54) is 17.1 Å². The number of nitrogens with zero attached hydrogens (tertiary/aromatic N) is 4. The number of aryl methyl sites for hydroxylation is 2. The van der Waals surface area contributed by atoms with Crippen molar-refractivity contribution < 1.29 is 9.59 Å². The number of hydrogen-bond donors (Lipinski definition) is 0. The first-order valence-electron chi connectivity index (χ1n) is 5.11. The average molecular weight is 232 g/mol. The summed E-state index contributed by atoms with van der Waals surface area (Å²) in [5.41, 5.74) is 0.424. The van der Waals surface area contributed by atoms with Gasteiger partial charge in [-0.2, -0.15) is 5.10 Å². The summed E-state index contributed by atoms with van der Waals surface area (Å²) >= 11 is 0. The Hall–Kier alpha value is -2.24. The standard InChI is InChI=1S/C11H12N4O2/c1-14-6-5-12-11(14)10(17)7-9(16)8-3-4-13-15(8)2/h3-6H,7H2,1-2H3. The molecule has 0 unspecified atom stereocenters. The van der Waals surface area contributed by atoms with E-state index in [0.29, 0.717) is 11.5 Å². The summed E-state index contributed by atoms with van der Waals surface area (Å²) in [6.45, 7) is 0. The molecule has 6 heteroatoms. The van der Waals surface area contributed by atoms with Crippen LogP contribution in [0.2, 0.25) is 0 Å². The zero-order valence-electron chi connectivity index (χ0n) is 9.62. The van der Waals surface area contributed by atoms with Crippen LogP contribution in [0, 0.1) is 0 Å². The Morgan fingerprint density at radius 3 is 2.53 bits per heavy atom. The zero-order chi connectivity index (χ0) is 12.4. The summed E-state index contributed by atoms with van der Waals surface area (Å²) in [6.07, 6.45) is 4.53. The Kier molecular flexibility index (Phi) is 2.86. The molecule has 2 heterocycles. The summed E-state index contributed by atoms with van der Waals surface area (Å²) in [4.78, 5) is 27.5. The lowest BCUT2D eigenvalue weighted by molar-refractivity contribution is 0.0882. The van der Waals surface area contributed by atoms with Crippen LogP contribution in [0.15, 0.2) is 24.7 Å². The second-order valence-electron chi connectivity index (χ2n) is 3.72. The van der Waals surface area contributed by atoms with Crippen molar-refractivity contribution >= 4 is 11.6 Å². The van der Waals surface area contributed by atoms with Crippen LogP contribution in [0.4, 0.5) is 0 Å². The van der Waals surface area contributed by atoms with Gasteiger partial charge >= 0.3 is 0 Å². The average Bonchev–Trinajstić information content (AvgIpc) is 2.86. The molecule has 17 heavy (non-hydrogen) atoms. The van der Waals surface area contributed by atoms with Crippen molar-refractivity contribution in [3.63, 3.8) is 0 Å². The lowest BCUT2D eigenvalue weighted by Gasteiger charge is -2.01. The van der Waals surface area contributed by atoms with Gasteiger partial charge in [0.1, 0.15) is 5.69 Å². The van der Waals surface area contributed by atoms with Gasteiger partial charge in [-0.15, -0.1) is 0 Å². The minimum atomic E-state index is -0.288. The third-order valence-corrected chi connectivity index (χ3v) is 2.50. The molecule has 2 rings (SSSR count). The van der Waals surface area contributed by atoms with Crippen molar-refractivity contribution in [2.75, 3.05) is 0 Å². The van der Waals surface area contributed by atoms with Gasteiger partial charge in [-0.1, -0.05) is 0 Å². The fourth-order valence-corrected chi connectivity index (χ4v) is 1.60. The molecule has 2 aromatic rings. The molecule has 0 amide bonds. The molecule has 2 aromatic heterocycles. The lowest BCUT2D eigenvalue weighted by Crippen LogP contribution is -2.15. The Balaban J connectivity index is 2.13. The van der Waals surface area contributed by atoms with Crippen LogP contribution in [-0.4, -0.2) is 30.9 Å². The highest BCUT2D eigenvalue weighted by molar-refractivity contribution is 6.11. The number of ketones is 2. The maximum atomic E-state index is 11.8. The van der Waals surface area contributed by atoms with E-state index < -0.39 is 0 Å². The van der Waals surface area contributed by atoms with E-state index in [-0.39, 0.29) is 18.0 Å². The van der Waals surface area contributed by atoms with Crippen molar-refractivity contribution in [3.8, 4) is 0 Å². The molecular formula is C11H12N4O2. The maximum absolute atomic E-state index is 11.8. The molecule has 0 aliphatic rings. The highest BCUT2D eigenvalue weighted by atomic mass is 16.1. The molecule has 0 saturated heterocycles. The Morgan fingerprint density at radius 1 is 1.24 bits per heavy atom. The molecule has 0 aliphatic heterocycles. The zero-order valence-corrected chi connectivity index (χ0v) is 9.62. The SMILES string of the molecule is Cn1ccnc1C(=O)CC(=O)c1ccnn1C. The fourth-order valence-electron chi connectivity index (χ4n) is 1.60. The molecule has 0 aromatic carbocycles. The van der Waals surface area contributed by atoms with Crippen molar-refractivity contribution in [2.45, 2.75) is 6.42 Å². The van der Waals surface area contributed by atoms with E-state index >= 15 is 0 Å². The van der Waals surface area contributed by atoms with Gasteiger partial charge in [0.25, 0.3) is 0 Å². The van der Waals surface area contributed by atoms with Gasteiger partial charge in [0, 0.05) is 32.7 Å². The highest BCUT2D eigenvalue weighted by Gasteiger charge is 2.18. The van der Waals surface area contributed by atoms with Crippen LogP contribution in [0.5, 0.6) is 0 Å². The van der Waals surface area contributed by atoms with Gasteiger partial charge in [-0.25, -0.2) is 4.98 Å². The highest BCUT2D eigenvalue weighted by Crippen LogP contribution is 2.06. The molecule has 6 nitrogen and oxygen atoms in total. The minimum absolute atomic E-state index is 0.190. The van der Waals surface area contributed by atoms with E-state index in [1.54, 1.807) is 30.9 Å². The molecular weight excluding hydrogens is 220 g/mol. The summed E-state index contributed by atoms with van der Waals surface area (Å²) in [5.74, 6) is -0.248. The molecule has 88 valence electrons. The molecule has 0 spiro atoms. The van der Waals surface area contributed by atoms with Crippen LogP contribution < -0.4 is 0 Å². The second kappa shape index (κ2) is 4.32. The first-order chi connectivity index (χ1) is 8.09. The van der Waals surface area contributed by atoms with Crippen LogP contribution in [-0.2, 0) is 14.1 Å². The molecule has 0 bridgehead atoms. The van der Waals surface area contributed by atoms with Crippen LogP contribution in [0.1, 0.15) is 27.5 Å². The molecule has 0 radical (unpaired) electrons. The number of aromatic nitrogens is 4. The Labute approximate surface area is 97.9 Å². The number of rotatable bonds is 4. The van der Waals surface area contributed by atoms with Crippen molar-refractivity contribution in [1.29, 1.82) is 0 Å². The van der Waals surface area contributed by atoms with E-state index in [1.807, 2.05) is 0 Å². The third kappa shape index (κ3) is 2.15. The van der Waals surface area contributed by atoms with Gasteiger partial charge in [0.15, 0.2) is 11.6 Å². The summed E-state index contributed by atoms with van der Waals surface area (Å²) in [7, 11) is 3.38. The van der Waals surface area contributed by atoms with Crippen LogP contribution in [0.3, 0.4) is 0 Å². The molecule has 0 saturated carbocycles. The number of carbonyl (C=O) groups excluding carboxylic acids is 2. The summed E-state index contributed by atoms with van der Waals surface area (Å²) < 4.78 is 3.05. The quantitative estimate of drug-likeness (QED) is 0.572. The lowest BCUT2D eigenvalue weighted by atomic mass is 10.1. The fraction of sp³-hybridized carbons (Fsp3) is 0.273. The summed E-state index contributed by atoms with van der Waals surface area (Å²) in [5, 5.41) is 3.89. The summed E-state index contributed by atoms with van der Waals surface area (Å²) in [6, 6.07) is 1.59. The van der Waals surface area contributed by atoms with E-state index in [4.69, 9.17) is 0 Å². The first kappa shape index (κ1) is 11.3. The monoisotopic (exact) mass is 232 g/mol. The maximum Gasteiger partial charge on any atom is 0.206 e. The van der Waals surface area contributed by atoms with Crippen molar-refractivity contribution in [1.82, 2.24) is 19.3 Å². The first-order valence-corrected chi connectivity index (χ1v) is 5.11. The van der Waals surface area contributed by atoms with Gasteiger partial charge < -0.3 is 4.57 Å². The Bertz CT molecular complexity index is 517. The number of hydrogen-bond acceptors (Lipinski definition) is 4. The predicted molar refractivity (Wildman–Crippen MR) is 59.7 cm³/mol. The topological polar surface area (TPSA) is 69.8 Å². The minimum Gasteiger partial charge on any atom is -0.332 e. The van der Waals surface area contributed by atoms with Gasteiger partial charge in [0.05, 0.1) is 6.42 Å². The molecule has 0 N–H and O–H groups in total. The van der Waals surface area contributed by atoms with E-state index in [2.05, 4.69) is 10.1 Å². The van der Waals surface area contributed by atoms with Crippen molar-refractivity contribution in [3.05, 3.63) is 36.2 Å². The van der Waals surface area contributed by atoms with Gasteiger partial charge in [-0.3, -0.25) is 14.3 Å². The largest absolute Gasteiger partial charge is 0.332 e. The second-order valence-corrected chi connectivity index (χ2v) is 3.72. The normalized spacial score (nSPS) is 10.5. The smallest absolute Gasteiger partial charge is 0.206 e. The van der Waals surface area contributed by atoms with Gasteiger partial charge in [-0.05, 0) is 6.07 Å². The van der Waals surface area contributed by atoms with Crippen LogP contribution >= 0.6 is 0 Å². The third-order valence-electron chi connectivity index (χ3n) is 2.50. The number of carbonyl (C=O) groups is 2. The van der Waals surface area contributed by atoms with E-state index in [9.17, 15) is 9.59 Å². The van der Waals surface area contributed by atoms with Gasteiger partial charge in [0.2, 0.25) is 5.78 Å². The Morgan fingerprint density at radius 2 is 2.00 bits per heavy atom. The number of imidazole rings is 1. The molecule has 0 fully saturated rings. The molecule has 0 atom stereocenters. The predicted octanol–water partition coefficient (Wildman–Crippen LogP) is 0.609.